The molecule has 1 amide bonds. The molecule has 1 aromatic heterocycles. The third kappa shape index (κ3) is 4.62. The molecule has 1 heterocycles. The van der Waals surface area contributed by atoms with Gasteiger partial charge >= 0.3 is 6.18 Å². The lowest BCUT2D eigenvalue weighted by Gasteiger charge is -2.09. The van der Waals surface area contributed by atoms with Crippen LogP contribution >= 0.6 is 11.6 Å². The van der Waals surface area contributed by atoms with Gasteiger partial charge < -0.3 is 5.32 Å². The SMILES string of the molecule is CCc1nn(C)c(C(=O)NCc2ccc(-c3ccc(C(F)(F)F)cc3)cc2)c1Cl. The first-order valence-corrected chi connectivity index (χ1v) is 9.34. The van der Waals surface area contributed by atoms with E-state index >= 15 is 0 Å². The van der Waals surface area contributed by atoms with Gasteiger partial charge in [0, 0.05) is 13.6 Å². The largest absolute Gasteiger partial charge is 0.416 e. The van der Waals surface area contributed by atoms with Crippen LogP contribution in [0.2, 0.25) is 5.02 Å². The Morgan fingerprint density at radius 3 is 2.10 bits per heavy atom. The van der Waals surface area contributed by atoms with E-state index in [-0.39, 0.29) is 12.5 Å². The Hall–Kier alpha value is -2.80. The van der Waals surface area contributed by atoms with Crippen LogP contribution in [0.3, 0.4) is 0 Å². The summed E-state index contributed by atoms with van der Waals surface area (Å²) in [4.78, 5) is 12.4. The van der Waals surface area contributed by atoms with Crippen LogP contribution in [0.4, 0.5) is 13.2 Å². The molecule has 8 heteroatoms. The maximum Gasteiger partial charge on any atom is 0.416 e. The fourth-order valence-electron chi connectivity index (χ4n) is 2.96. The smallest absolute Gasteiger partial charge is 0.347 e. The number of carbonyl (C=O) groups excluding carboxylic acids is 1. The predicted molar refractivity (Wildman–Crippen MR) is 106 cm³/mol. The standard InChI is InChI=1S/C21H19ClF3N3O/c1-3-17-18(22)19(28(2)27-17)20(29)26-12-13-4-6-14(7-5-13)15-8-10-16(11-9-15)21(23,24)25/h4-11H,3,12H2,1-2H3,(H,26,29). The lowest BCUT2D eigenvalue weighted by Crippen LogP contribution is -2.25. The minimum Gasteiger partial charge on any atom is -0.347 e. The van der Waals surface area contributed by atoms with Gasteiger partial charge in [0.2, 0.25) is 0 Å². The zero-order valence-electron chi connectivity index (χ0n) is 15.8. The summed E-state index contributed by atoms with van der Waals surface area (Å²) in [5.74, 6) is -0.323. The van der Waals surface area contributed by atoms with E-state index in [1.165, 1.54) is 16.8 Å². The van der Waals surface area contributed by atoms with Crippen LogP contribution in [-0.4, -0.2) is 15.7 Å². The molecule has 0 unspecified atom stereocenters. The first kappa shape index (κ1) is 20.9. The number of rotatable bonds is 5. The highest BCUT2D eigenvalue weighted by molar-refractivity contribution is 6.34. The zero-order chi connectivity index (χ0) is 21.2. The average Bonchev–Trinajstić information content (AvgIpc) is 2.99. The summed E-state index contributed by atoms with van der Waals surface area (Å²) in [5, 5.41) is 7.39. The van der Waals surface area contributed by atoms with E-state index in [4.69, 9.17) is 11.6 Å². The van der Waals surface area contributed by atoms with Gasteiger partial charge in [0.05, 0.1) is 16.3 Å². The van der Waals surface area contributed by atoms with Crippen molar-refractivity contribution in [3.63, 3.8) is 0 Å². The quantitative estimate of drug-likeness (QED) is 0.611. The fraction of sp³-hybridized carbons (Fsp3) is 0.238. The van der Waals surface area contributed by atoms with E-state index < -0.39 is 11.7 Å². The third-order valence-electron chi connectivity index (χ3n) is 4.56. The molecule has 0 atom stereocenters. The Balaban J connectivity index is 1.67. The Bertz CT molecular complexity index is 1010. The van der Waals surface area contributed by atoms with E-state index in [1.807, 2.05) is 19.1 Å². The maximum atomic E-state index is 12.7. The van der Waals surface area contributed by atoms with Crippen LogP contribution in [0.1, 0.15) is 34.2 Å². The number of amides is 1. The third-order valence-corrected chi connectivity index (χ3v) is 4.96. The van der Waals surface area contributed by atoms with Gasteiger partial charge in [-0.3, -0.25) is 9.48 Å². The molecule has 0 aliphatic heterocycles. The summed E-state index contributed by atoms with van der Waals surface area (Å²) < 4.78 is 39.5. The molecule has 3 aromatic rings. The summed E-state index contributed by atoms with van der Waals surface area (Å²) in [5.41, 5.74) is 2.62. The van der Waals surface area contributed by atoms with E-state index in [1.54, 1.807) is 19.2 Å². The number of benzene rings is 2. The highest BCUT2D eigenvalue weighted by Gasteiger charge is 2.29. The number of aromatic nitrogens is 2. The van der Waals surface area contributed by atoms with Crippen molar-refractivity contribution in [3.05, 3.63) is 76.1 Å². The second-order valence-electron chi connectivity index (χ2n) is 6.54. The Kier molecular flexibility index (Phi) is 5.98. The first-order chi connectivity index (χ1) is 13.7. The van der Waals surface area contributed by atoms with Crippen molar-refractivity contribution in [2.24, 2.45) is 7.05 Å². The van der Waals surface area contributed by atoms with Crippen LogP contribution in [-0.2, 0) is 26.2 Å². The number of nitrogens with one attached hydrogen (secondary N) is 1. The molecule has 2 aromatic carbocycles. The molecule has 4 nitrogen and oxygen atoms in total. The Morgan fingerprint density at radius 1 is 1.07 bits per heavy atom. The van der Waals surface area contributed by atoms with E-state index in [2.05, 4.69) is 10.4 Å². The van der Waals surface area contributed by atoms with Gasteiger partial charge in [0.1, 0.15) is 5.69 Å². The van der Waals surface area contributed by atoms with Gasteiger partial charge in [-0.15, -0.1) is 0 Å². The number of aryl methyl sites for hydroxylation is 2. The zero-order valence-corrected chi connectivity index (χ0v) is 16.6. The van der Waals surface area contributed by atoms with Gasteiger partial charge in [-0.2, -0.15) is 18.3 Å². The van der Waals surface area contributed by atoms with Gasteiger partial charge in [-0.25, -0.2) is 0 Å². The van der Waals surface area contributed by atoms with E-state index in [9.17, 15) is 18.0 Å². The Labute approximate surface area is 171 Å². The number of hydrogen-bond donors (Lipinski definition) is 1. The number of nitrogens with zero attached hydrogens (tertiary/aromatic N) is 2. The summed E-state index contributed by atoms with van der Waals surface area (Å²) in [6.07, 6.45) is -3.72. The molecule has 29 heavy (non-hydrogen) atoms. The van der Waals surface area contributed by atoms with Gasteiger partial charge in [0.25, 0.3) is 5.91 Å². The predicted octanol–water partition coefficient (Wildman–Crippen LogP) is 5.25. The molecule has 0 fully saturated rings. The molecule has 0 radical (unpaired) electrons. The van der Waals surface area contributed by atoms with Crippen molar-refractivity contribution in [3.8, 4) is 11.1 Å². The van der Waals surface area contributed by atoms with Crippen molar-refractivity contribution < 1.29 is 18.0 Å². The summed E-state index contributed by atoms with van der Waals surface area (Å²) >= 11 is 6.22. The van der Waals surface area contributed by atoms with Gasteiger partial charge in [-0.1, -0.05) is 54.9 Å². The molecule has 0 bridgehead atoms. The second kappa shape index (κ2) is 8.29. The van der Waals surface area contributed by atoms with E-state index in [0.29, 0.717) is 28.4 Å². The van der Waals surface area contributed by atoms with Crippen LogP contribution in [0.15, 0.2) is 48.5 Å². The van der Waals surface area contributed by atoms with Crippen molar-refractivity contribution in [2.45, 2.75) is 26.1 Å². The molecular formula is C21H19ClF3N3O. The molecule has 0 saturated carbocycles. The maximum absolute atomic E-state index is 12.7. The molecule has 0 saturated heterocycles. The molecule has 0 aliphatic carbocycles. The monoisotopic (exact) mass is 421 g/mol. The molecule has 152 valence electrons. The number of carbonyl (C=O) groups is 1. The van der Waals surface area contributed by atoms with Crippen LogP contribution < -0.4 is 5.32 Å². The topological polar surface area (TPSA) is 46.9 Å². The normalized spacial score (nSPS) is 11.5. The van der Waals surface area contributed by atoms with Crippen molar-refractivity contribution >= 4 is 17.5 Å². The van der Waals surface area contributed by atoms with Crippen molar-refractivity contribution in [2.75, 3.05) is 0 Å². The van der Waals surface area contributed by atoms with Crippen molar-refractivity contribution in [1.29, 1.82) is 0 Å². The van der Waals surface area contributed by atoms with Gasteiger partial charge in [0.15, 0.2) is 0 Å². The van der Waals surface area contributed by atoms with Gasteiger partial charge in [-0.05, 0) is 35.2 Å². The molecular weight excluding hydrogens is 403 g/mol. The lowest BCUT2D eigenvalue weighted by molar-refractivity contribution is -0.137. The van der Waals surface area contributed by atoms with Crippen molar-refractivity contribution in [1.82, 2.24) is 15.1 Å². The van der Waals surface area contributed by atoms with Crippen LogP contribution in [0.25, 0.3) is 11.1 Å². The molecule has 3 rings (SSSR count). The highest BCUT2D eigenvalue weighted by Crippen LogP contribution is 2.31. The minimum atomic E-state index is -4.35. The van der Waals surface area contributed by atoms with Crippen LogP contribution in [0, 0.1) is 0 Å². The fourth-order valence-corrected chi connectivity index (χ4v) is 3.34. The molecule has 1 N–H and O–H groups in total. The number of hydrogen-bond acceptors (Lipinski definition) is 2. The first-order valence-electron chi connectivity index (χ1n) is 8.96. The molecule has 0 aliphatic rings. The molecule has 0 spiro atoms. The van der Waals surface area contributed by atoms with Crippen LogP contribution in [0.5, 0.6) is 0 Å². The Morgan fingerprint density at radius 2 is 1.62 bits per heavy atom. The minimum absolute atomic E-state index is 0.287. The summed E-state index contributed by atoms with van der Waals surface area (Å²) in [6.45, 7) is 2.20. The number of halogens is 4. The second-order valence-corrected chi connectivity index (χ2v) is 6.92. The number of alkyl halides is 3. The summed E-state index contributed by atoms with van der Waals surface area (Å²) in [7, 11) is 1.67. The lowest BCUT2D eigenvalue weighted by atomic mass is 10.0. The summed E-state index contributed by atoms with van der Waals surface area (Å²) in [6, 6.07) is 12.2. The average molecular weight is 422 g/mol. The van der Waals surface area contributed by atoms with E-state index in [0.717, 1.165) is 23.3 Å². The highest BCUT2D eigenvalue weighted by atomic mass is 35.5.